The summed E-state index contributed by atoms with van der Waals surface area (Å²) in [7, 11) is 1.57. The number of thiophene rings is 1. The standard InChI is InChI=1S/C24H21F3N2O3S/c1-31-21-9-3-2-8-19(21)20-13-18(32-28-20)15-29(23(30)22-10-5-11-33-22)14-16-6-4-7-17(12-16)24(25,26)27/h2-12,18H,13-15H2,1H3. The molecule has 0 N–H and O–H groups in total. The van der Waals surface area contributed by atoms with Gasteiger partial charge in [0.1, 0.15) is 5.75 Å². The van der Waals surface area contributed by atoms with Crippen LogP contribution < -0.4 is 4.74 Å². The van der Waals surface area contributed by atoms with Crippen molar-refractivity contribution in [1.29, 1.82) is 0 Å². The van der Waals surface area contributed by atoms with Crippen LogP contribution in [0.4, 0.5) is 13.2 Å². The molecule has 0 spiro atoms. The maximum Gasteiger partial charge on any atom is 0.416 e. The van der Waals surface area contributed by atoms with E-state index in [0.717, 1.165) is 17.7 Å². The second-order valence-electron chi connectivity index (χ2n) is 7.53. The second-order valence-corrected chi connectivity index (χ2v) is 8.48. The highest BCUT2D eigenvalue weighted by molar-refractivity contribution is 7.12. The number of carbonyl (C=O) groups excluding carboxylic acids is 1. The number of hydrogen-bond donors (Lipinski definition) is 0. The normalized spacial score (nSPS) is 15.6. The number of ether oxygens (including phenoxy) is 1. The predicted molar refractivity (Wildman–Crippen MR) is 120 cm³/mol. The molecule has 0 aliphatic carbocycles. The van der Waals surface area contributed by atoms with Crippen LogP contribution >= 0.6 is 11.3 Å². The highest BCUT2D eigenvalue weighted by Gasteiger charge is 2.32. The average Bonchev–Trinajstić information content (AvgIpc) is 3.50. The SMILES string of the molecule is COc1ccccc1C1=NOC(CN(Cc2cccc(C(F)(F)F)c2)C(=O)c2cccs2)C1. The van der Waals surface area contributed by atoms with Crippen LogP contribution in [0.3, 0.4) is 0 Å². The first-order valence-electron chi connectivity index (χ1n) is 10.2. The summed E-state index contributed by atoms with van der Waals surface area (Å²) in [5.41, 5.74) is 1.14. The van der Waals surface area contributed by atoms with Crippen molar-refractivity contribution >= 4 is 23.0 Å². The summed E-state index contributed by atoms with van der Waals surface area (Å²) >= 11 is 1.28. The molecule has 1 aliphatic rings. The fourth-order valence-corrected chi connectivity index (χ4v) is 4.35. The Morgan fingerprint density at radius 3 is 2.73 bits per heavy atom. The lowest BCUT2D eigenvalue weighted by atomic mass is 10.0. The van der Waals surface area contributed by atoms with Crippen molar-refractivity contribution in [2.75, 3.05) is 13.7 Å². The monoisotopic (exact) mass is 474 g/mol. The summed E-state index contributed by atoms with van der Waals surface area (Å²) in [6.07, 6.45) is -4.44. The number of halogens is 3. The Morgan fingerprint density at radius 2 is 2.00 bits per heavy atom. The Bertz CT molecular complexity index is 1150. The predicted octanol–water partition coefficient (Wildman–Crippen LogP) is 5.61. The third-order valence-electron chi connectivity index (χ3n) is 5.22. The van der Waals surface area contributed by atoms with Gasteiger partial charge in [0, 0.05) is 18.5 Å². The second kappa shape index (κ2) is 9.66. The lowest BCUT2D eigenvalue weighted by Crippen LogP contribution is -2.37. The van der Waals surface area contributed by atoms with E-state index in [-0.39, 0.29) is 19.0 Å². The lowest BCUT2D eigenvalue weighted by molar-refractivity contribution is -0.137. The molecule has 2 aromatic carbocycles. The van der Waals surface area contributed by atoms with E-state index in [1.807, 2.05) is 24.3 Å². The van der Waals surface area contributed by atoms with Gasteiger partial charge in [-0.05, 0) is 41.3 Å². The van der Waals surface area contributed by atoms with Gasteiger partial charge in [0.05, 0.1) is 29.8 Å². The molecule has 1 unspecified atom stereocenters. The van der Waals surface area contributed by atoms with Gasteiger partial charge in [0.2, 0.25) is 0 Å². The number of carbonyl (C=O) groups is 1. The van der Waals surface area contributed by atoms with Gasteiger partial charge in [-0.3, -0.25) is 4.79 Å². The van der Waals surface area contributed by atoms with Gasteiger partial charge in [0.15, 0.2) is 6.10 Å². The number of hydrogen-bond acceptors (Lipinski definition) is 5. The van der Waals surface area contributed by atoms with E-state index in [0.29, 0.717) is 28.3 Å². The molecule has 1 aromatic heterocycles. The molecule has 2 heterocycles. The number of amides is 1. The van der Waals surface area contributed by atoms with Crippen LogP contribution in [0.1, 0.15) is 32.8 Å². The van der Waals surface area contributed by atoms with E-state index in [4.69, 9.17) is 9.57 Å². The van der Waals surface area contributed by atoms with Crippen molar-refractivity contribution in [2.45, 2.75) is 25.2 Å². The lowest BCUT2D eigenvalue weighted by Gasteiger charge is -2.25. The molecule has 172 valence electrons. The van der Waals surface area contributed by atoms with Crippen molar-refractivity contribution in [1.82, 2.24) is 4.90 Å². The molecule has 0 saturated carbocycles. The molecule has 9 heteroatoms. The summed E-state index contributed by atoms with van der Waals surface area (Å²) in [5.74, 6) is 0.396. The topological polar surface area (TPSA) is 51.1 Å². The van der Waals surface area contributed by atoms with Crippen LogP contribution in [-0.4, -0.2) is 36.3 Å². The van der Waals surface area contributed by atoms with E-state index in [9.17, 15) is 18.0 Å². The molecule has 4 rings (SSSR count). The first-order chi connectivity index (χ1) is 15.8. The van der Waals surface area contributed by atoms with Crippen LogP contribution in [0.15, 0.2) is 71.2 Å². The Labute approximate surface area is 193 Å². The molecule has 3 aromatic rings. The van der Waals surface area contributed by atoms with Crippen molar-refractivity contribution < 1.29 is 27.5 Å². The highest BCUT2D eigenvalue weighted by Crippen LogP contribution is 2.30. The van der Waals surface area contributed by atoms with E-state index < -0.39 is 17.8 Å². The zero-order chi connectivity index (χ0) is 23.4. The number of alkyl halides is 3. The van der Waals surface area contributed by atoms with Crippen molar-refractivity contribution in [3.05, 3.63) is 87.6 Å². The van der Waals surface area contributed by atoms with Crippen LogP contribution in [0, 0.1) is 0 Å². The third kappa shape index (κ3) is 5.36. The van der Waals surface area contributed by atoms with E-state index >= 15 is 0 Å². The number of oxime groups is 1. The highest BCUT2D eigenvalue weighted by atomic mass is 32.1. The first-order valence-corrected chi connectivity index (χ1v) is 11.1. The summed E-state index contributed by atoms with van der Waals surface area (Å²) in [6.45, 7) is 0.194. The minimum absolute atomic E-state index is 0.0184. The quantitative estimate of drug-likeness (QED) is 0.447. The number of benzene rings is 2. The molecule has 1 aliphatic heterocycles. The summed E-state index contributed by atoms with van der Waals surface area (Å²) < 4.78 is 44.9. The van der Waals surface area contributed by atoms with Gasteiger partial charge >= 0.3 is 6.18 Å². The van der Waals surface area contributed by atoms with Crippen molar-refractivity contribution in [3.63, 3.8) is 0 Å². The largest absolute Gasteiger partial charge is 0.496 e. The number of nitrogens with zero attached hydrogens (tertiary/aromatic N) is 2. The number of rotatable bonds is 7. The van der Waals surface area contributed by atoms with E-state index in [2.05, 4.69) is 5.16 Å². The smallest absolute Gasteiger partial charge is 0.416 e. The molecular formula is C24H21F3N2O3S. The fraction of sp³-hybridized carbons (Fsp3) is 0.250. The van der Waals surface area contributed by atoms with Crippen LogP contribution in [0.2, 0.25) is 0 Å². The van der Waals surface area contributed by atoms with Crippen molar-refractivity contribution in [2.24, 2.45) is 5.16 Å². The zero-order valence-electron chi connectivity index (χ0n) is 17.7. The van der Waals surface area contributed by atoms with Crippen LogP contribution in [0.5, 0.6) is 5.75 Å². The Balaban J connectivity index is 1.53. The third-order valence-corrected chi connectivity index (χ3v) is 6.08. The van der Waals surface area contributed by atoms with Crippen LogP contribution in [0.25, 0.3) is 0 Å². The van der Waals surface area contributed by atoms with Crippen LogP contribution in [-0.2, 0) is 17.6 Å². The van der Waals surface area contributed by atoms with Gasteiger partial charge in [-0.25, -0.2) is 0 Å². The molecule has 0 fully saturated rings. The first kappa shape index (κ1) is 22.8. The minimum atomic E-state index is -4.45. The molecule has 0 radical (unpaired) electrons. The fourth-order valence-electron chi connectivity index (χ4n) is 3.66. The van der Waals surface area contributed by atoms with Gasteiger partial charge in [-0.15, -0.1) is 11.3 Å². The molecule has 33 heavy (non-hydrogen) atoms. The zero-order valence-corrected chi connectivity index (χ0v) is 18.5. The molecule has 1 amide bonds. The van der Waals surface area contributed by atoms with E-state index in [1.165, 1.54) is 22.3 Å². The summed E-state index contributed by atoms with van der Waals surface area (Å²) in [4.78, 5) is 20.7. The Morgan fingerprint density at radius 1 is 1.18 bits per heavy atom. The summed E-state index contributed by atoms with van der Waals surface area (Å²) in [5, 5.41) is 5.96. The van der Waals surface area contributed by atoms with E-state index in [1.54, 1.807) is 30.7 Å². The average molecular weight is 475 g/mol. The van der Waals surface area contributed by atoms with Crippen molar-refractivity contribution in [3.8, 4) is 5.75 Å². The molecule has 0 saturated heterocycles. The molecular weight excluding hydrogens is 453 g/mol. The molecule has 1 atom stereocenters. The van der Waals surface area contributed by atoms with Gasteiger partial charge in [0.25, 0.3) is 5.91 Å². The Kier molecular flexibility index (Phi) is 6.69. The number of para-hydroxylation sites is 1. The molecule has 0 bridgehead atoms. The van der Waals surface area contributed by atoms with Gasteiger partial charge in [-0.2, -0.15) is 13.2 Å². The minimum Gasteiger partial charge on any atom is -0.496 e. The summed E-state index contributed by atoms with van der Waals surface area (Å²) in [6, 6.07) is 15.9. The van der Waals surface area contributed by atoms with Gasteiger partial charge in [-0.1, -0.05) is 35.5 Å². The maximum atomic E-state index is 13.2. The number of methoxy groups -OCH3 is 1. The maximum absolute atomic E-state index is 13.2. The van der Waals surface area contributed by atoms with Gasteiger partial charge < -0.3 is 14.5 Å². The molecule has 5 nitrogen and oxygen atoms in total. The Hall–Kier alpha value is -3.33.